The molecule has 0 bridgehead atoms. The van der Waals surface area contributed by atoms with Gasteiger partial charge in [-0.3, -0.25) is 48.5 Å². The van der Waals surface area contributed by atoms with E-state index in [0.29, 0.717) is 36.8 Å². The average molecular weight is 1640 g/mol. The van der Waals surface area contributed by atoms with Crippen molar-refractivity contribution in [2.45, 2.75) is 244 Å². The van der Waals surface area contributed by atoms with Crippen molar-refractivity contribution in [3.63, 3.8) is 0 Å². The number of ketones is 2. The van der Waals surface area contributed by atoms with Gasteiger partial charge in [-0.05, 0) is 210 Å². The fraction of sp³-hybridized carbons (Fsp3) is 0.573. The SMILES string of the molecule is C.C/C=C(C)/C=C/C(=O)O.C/C=C(C)/C=C/C(C)=O.C/C=C(\C)C=O.C/C=C\[C@@H](C)OC(=O)/C=C/C(C)=C/C.C=O.CC#C[C@@H](C)OC(=O)/C=C/C(C)=C/C.CC(=O)C#C[C@@H](C)O.CC1=C[C@H]2C(=O)O[C@H](C)[C@H]2[C@@H](C)[C@@H]1C.CC1CC2C(=O)O[C@H](C)C2C(C(=O)O)C1C.CF.C[C@H]1[C@H](C=O)[C@@H]2[C@@H](C)OC(=O)[C@@H]2C[C@@H]1C.OO.[3HH].[K+].[OH-]. The van der Waals surface area contributed by atoms with E-state index in [1.165, 1.54) is 31.6 Å². The number of fused-ring (bicyclic) bond motifs is 3. The predicted molar refractivity (Wildman–Crippen MR) is 444 cm³/mol. The van der Waals surface area contributed by atoms with Gasteiger partial charge in [0, 0.05) is 50.3 Å². The number of cyclic esters (lactones) is 3. The topological polar surface area (TPSA) is 382 Å². The van der Waals surface area contributed by atoms with Crippen molar-refractivity contribution in [2.24, 2.45) is 82.9 Å². The Morgan fingerprint density at radius 1 is 0.579 bits per heavy atom. The van der Waals surface area contributed by atoms with Gasteiger partial charge in [-0.2, -0.15) is 0 Å². The maximum absolute atomic E-state index is 11.6. The molecule has 3 aliphatic carbocycles. The summed E-state index contributed by atoms with van der Waals surface area (Å²) in [4.78, 5) is 128. The van der Waals surface area contributed by atoms with Crippen molar-refractivity contribution in [1.29, 1.82) is 0 Å². The first-order valence-corrected chi connectivity index (χ1v) is 37.0. The van der Waals surface area contributed by atoms with Crippen LogP contribution in [-0.4, -0.2) is 148 Å². The van der Waals surface area contributed by atoms with Crippen LogP contribution in [0.15, 0.2) is 131 Å². The van der Waals surface area contributed by atoms with Gasteiger partial charge in [0.1, 0.15) is 49.9 Å². The fourth-order valence-electron chi connectivity index (χ4n) is 12.0. The van der Waals surface area contributed by atoms with Crippen molar-refractivity contribution in [1.82, 2.24) is 0 Å². The number of carbonyl (C=O) groups excluding carboxylic acids is 10. The van der Waals surface area contributed by atoms with Gasteiger partial charge in [0.05, 0.1) is 30.8 Å². The van der Waals surface area contributed by atoms with Crippen molar-refractivity contribution >= 4 is 72.7 Å². The number of Topliss-reactive ketones (excluding diaryl/α,β-unsaturated/α-hetero) is 1. The standard InChI is InChI=1S/C12H18O4.C12H18O3.2C12H18O2.C12H16O2.C8H12O.C7H10O2.C6H8O2.C5H8O.CH3F.CH2O.CH4.K.H2O2.H2O.H2/c1-5-4-8-10(7(3)16-12(8)15)9(6(5)2)11(13)14;1-6-4-9-11(8(3)15-12(9)14)10(5-13)7(6)2;1-6-5-10-11(8(3)7(6)2)9(4)14-12(10)13;2*1-5-7-11(4)14-12(13)9-8-10(3)6-2;1-4-7(2)5-6-8(3)9;1-3-6(2)4-5-7(8)9;1-5(7)3-4-6(2)8;1-3-5(2)4-6;2*1-2;;;1-2;;/h5-10H,4H2,1-3H3,(H,13,14);5-11H,4H2,1-3H3;5,7-11H,1-4H3;5-9,11H,1-4H3;6,8-9,11H,1-4H3;4-6H,1-3H3;3-5H,1-2H3,(H,8,9);5,7H,1-2H3;3-4H,1-2H3;1H3;1H2;1H4;;1-2H;1H2;1H/q;;;;;;;;;;;;+1;;;/p-1/b;;;7-5-,9-8+,10-6+;9-8+,10-6+;6-5+,7-4+;5-4+,6-3+;;5-3+;;;;;;;/t5?,6?,7-,8?,9?,10?;6-,7+,8+,9+,10-,11+;7-,8+,9-,10-,11-;2*11-;;;5-;;;;;;;;/m10111..1......../s1/i;;;;;;;;;;;;;;;1+2. The number of carbonyl (C=O) groups is 12. The largest absolute Gasteiger partial charge is 1.00 e. The van der Waals surface area contributed by atoms with Gasteiger partial charge < -0.3 is 54.1 Å². The molecule has 5 fully saturated rings. The van der Waals surface area contributed by atoms with Gasteiger partial charge >= 0.3 is 93.2 Å². The third kappa shape index (κ3) is 52.7. The minimum absolute atomic E-state index is 0. The number of hydrogen-bond donors (Lipinski definition) is 5. The van der Waals surface area contributed by atoms with Crippen LogP contribution in [0.5, 0.6) is 0 Å². The summed E-state index contributed by atoms with van der Waals surface area (Å²) in [6.45, 7) is 53.0. The molecular formula is C89H140FKO23. The molecule has 0 amide bonds. The second kappa shape index (κ2) is 71.8. The van der Waals surface area contributed by atoms with E-state index in [0.717, 1.165) is 59.4 Å². The van der Waals surface area contributed by atoms with E-state index in [4.69, 9.17) is 49.2 Å². The molecule has 25 heteroatoms. The molecule has 20 atom stereocenters. The molecule has 23 nitrogen and oxygen atoms in total. The van der Waals surface area contributed by atoms with E-state index < -0.39 is 24.0 Å². The number of hydrogen-bond acceptors (Lipinski definition) is 21. The predicted octanol–water partition coefficient (Wildman–Crippen LogP) is 14.0. The quantitative estimate of drug-likeness (QED) is 0.00921. The van der Waals surface area contributed by atoms with E-state index in [9.17, 15) is 62.2 Å². The van der Waals surface area contributed by atoms with Crippen molar-refractivity contribution < 1.29 is 170 Å². The molecule has 642 valence electrons. The van der Waals surface area contributed by atoms with Crippen molar-refractivity contribution in [3.8, 4) is 23.7 Å². The molecule has 3 saturated heterocycles. The van der Waals surface area contributed by atoms with Crippen LogP contribution in [0.3, 0.4) is 0 Å². The van der Waals surface area contributed by atoms with Gasteiger partial charge in [-0.25, -0.2) is 14.4 Å². The number of aliphatic hydroxyl groups is 1. The maximum Gasteiger partial charge on any atom is 1.00 e. The number of ether oxygens (including phenoxy) is 5. The monoisotopic (exact) mass is 1640 g/mol. The van der Waals surface area contributed by atoms with E-state index in [2.05, 4.69) is 64.4 Å². The zero-order valence-corrected chi connectivity index (χ0v) is 75.7. The number of carboxylic acid groups (broad SMARTS) is 2. The first-order valence-electron chi connectivity index (χ1n) is 37.0. The number of aliphatic hydroxyl groups excluding tert-OH is 1. The molecule has 3 aliphatic heterocycles. The van der Waals surface area contributed by atoms with Crippen LogP contribution in [0.1, 0.15) is 209 Å². The summed E-state index contributed by atoms with van der Waals surface area (Å²) in [6.07, 6.45) is 29.6. The van der Waals surface area contributed by atoms with Crippen LogP contribution in [0.2, 0.25) is 0 Å². The first-order chi connectivity index (χ1) is 52.0. The number of rotatable bonds is 14. The minimum Gasteiger partial charge on any atom is -0.870 e. The number of alkyl halides is 1. The molecule has 2 saturated carbocycles. The molecular weight excluding hydrogens is 1500 g/mol. The van der Waals surface area contributed by atoms with Crippen LogP contribution in [0, 0.1) is 107 Å². The molecule has 0 radical (unpaired) electrons. The zero-order chi connectivity index (χ0) is 87.7. The molecule has 0 spiro atoms. The van der Waals surface area contributed by atoms with E-state index in [-0.39, 0.29) is 185 Å². The molecule has 6 N–H and O–H groups in total. The van der Waals surface area contributed by atoms with Crippen molar-refractivity contribution in [2.75, 3.05) is 7.18 Å². The van der Waals surface area contributed by atoms with E-state index in [1.54, 1.807) is 65.0 Å². The molecule has 5 unspecified atom stereocenters. The zero-order valence-electron chi connectivity index (χ0n) is 72.6. The summed E-state index contributed by atoms with van der Waals surface area (Å²) in [6, 6.07) is 0. The number of esters is 5. The third-order valence-corrected chi connectivity index (χ3v) is 19.2. The van der Waals surface area contributed by atoms with Gasteiger partial charge in [0.2, 0.25) is 5.78 Å². The average Bonchev–Trinajstić information content (AvgIpc) is 1.65. The van der Waals surface area contributed by atoms with E-state index in [1.807, 2.05) is 153 Å². The maximum atomic E-state index is 11.6. The number of aliphatic carboxylic acids is 2. The van der Waals surface area contributed by atoms with Crippen LogP contribution < -0.4 is 51.4 Å². The van der Waals surface area contributed by atoms with Gasteiger partial charge in [0.25, 0.3) is 0 Å². The summed E-state index contributed by atoms with van der Waals surface area (Å²) in [5, 5.41) is 37.9. The summed E-state index contributed by atoms with van der Waals surface area (Å²) in [5.74, 6) is 9.07. The van der Waals surface area contributed by atoms with Crippen molar-refractivity contribution in [3.05, 3.63) is 131 Å². The Morgan fingerprint density at radius 2 is 0.965 bits per heavy atom. The fourth-order valence-corrected chi connectivity index (χ4v) is 12.0. The Morgan fingerprint density at radius 3 is 1.32 bits per heavy atom. The number of allylic oxidation sites excluding steroid dienone is 17. The number of halogens is 1. The Bertz CT molecular complexity index is 3350. The van der Waals surface area contributed by atoms with Gasteiger partial charge in [0.15, 0.2) is 11.9 Å². The molecule has 114 heavy (non-hydrogen) atoms. The summed E-state index contributed by atoms with van der Waals surface area (Å²) in [5.41, 5.74) is 6.26. The Kier molecular flexibility index (Phi) is 78.4. The number of aldehydes is 2. The third-order valence-electron chi connectivity index (χ3n) is 19.2. The normalized spacial score (nSPS) is 25.9. The minimum atomic E-state index is -0.906. The van der Waals surface area contributed by atoms with Crippen LogP contribution >= 0.6 is 0 Å². The first kappa shape index (κ1) is 125. The van der Waals surface area contributed by atoms with Gasteiger partial charge in [-0.15, -0.1) is 5.92 Å². The summed E-state index contributed by atoms with van der Waals surface area (Å²) >= 11 is 0. The molecule has 0 aromatic carbocycles. The summed E-state index contributed by atoms with van der Waals surface area (Å²) in [7, 11) is 0.500. The van der Waals surface area contributed by atoms with Crippen LogP contribution in [0.4, 0.5) is 4.39 Å². The van der Waals surface area contributed by atoms with Crippen LogP contribution in [0.25, 0.3) is 0 Å². The molecule has 0 aromatic rings. The molecule has 3 heterocycles. The molecule has 0 aromatic heterocycles. The number of carboxylic acids is 2. The summed E-state index contributed by atoms with van der Waals surface area (Å²) < 4.78 is 35.2. The second-order valence-corrected chi connectivity index (χ2v) is 27.4. The Labute approximate surface area is 725 Å². The smallest absolute Gasteiger partial charge is 0.870 e. The molecule has 6 aliphatic rings. The van der Waals surface area contributed by atoms with Crippen LogP contribution in [-0.2, 0) is 81.2 Å². The van der Waals surface area contributed by atoms with E-state index >= 15 is 0 Å². The Hall–Kier alpha value is -7.69. The molecule has 6 rings (SSSR count). The second-order valence-electron chi connectivity index (χ2n) is 27.4. The van der Waals surface area contributed by atoms with Gasteiger partial charge in [-0.1, -0.05) is 156 Å². The Balaban J connectivity index is -0.000000135.